The van der Waals surface area contributed by atoms with Gasteiger partial charge in [0.1, 0.15) is 17.4 Å². The van der Waals surface area contributed by atoms with Crippen molar-refractivity contribution in [2.75, 3.05) is 7.11 Å². The van der Waals surface area contributed by atoms with Crippen LogP contribution in [0.5, 0.6) is 5.75 Å². The Morgan fingerprint density at radius 3 is 2.67 bits per heavy atom. The third kappa shape index (κ3) is 1.39. The minimum atomic E-state index is 0.501. The van der Waals surface area contributed by atoms with E-state index in [1.807, 2.05) is 13.0 Å². The number of thiol groups is 1. The standard InChI is InChI=1S/C9H9NOS/c1-6-3-4-8(11-2)7(5-10)9(6)12/h3-4,12H,1-2H3. The zero-order valence-corrected chi connectivity index (χ0v) is 7.85. The van der Waals surface area contributed by atoms with Gasteiger partial charge in [-0.15, -0.1) is 12.6 Å². The normalized spacial score (nSPS) is 9.17. The number of nitrogens with zero attached hydrogens (tertiary/aromatic N) is 1. The van der Waals surface area contributed by atoms with Gasteiger partial charge in [0.2, 0.25) is 0 Å². The van der Waals surface area contributed by atoms with Crippen LogP contribution in [-0.4, -0.2) is 7.11 Å². The summed E-state index contributed by atoms with van der Waals surface area (Å²) in [6.45, 7) is 1.91. The molecule has 2 nitrogen and oxygen atoms in total. The zero-order chi connectivity index (χ0) is 9.14. The Kier molecular flexibility index (Phi) is 2.61. The summed E-state index contributed by atoms with van der Waals surface area (Å²) in [6.07, 6.45) is 0. The van der Waals surface area contributed by atoms with Crippen LogP contribution in [0, 0.1) is 18.3 Å². The van der Waals surface area contributed by atoms with Crippen molar-refractivity contribution in [3.63, 3.8) is 0 Å². The van der Waals surface area contributed by atoms with Crippen LogP contribution < -0.4 is 4.74 Å². The number of hydrogen-bond donors (Lipinski definition) is 1. The van der Waals surface area contributed by atoms with Crippen molar-refractivity contribution in [3.8, 4) is 11.8 Å². The first-order valence-electron chi connectivity index (χ1n) is 3.47. The van der Waals surface area contributed by atoms with Crippen LogP contribution in [-0.2, 0) is 0 Å². The Labute approximate surface area is 77.2 Å². The first kappa shape index (κ1) is 8.95. The smallest absolute Gasteiger partial charge is 0.137 e. The van der Waals surface area contributed by atoms with Crippen molar-refractivity contribution in [1.29, 1.82) is 5.26 Å². The zero-order valence-electron chi connectivity index (χ0n) is 6.96. The molecule has 0 N–H and O–H groups in total. The predicted molar refractivity (Wildman–Crippen MR) is 49.7 cm³/mol. The highest BCUT2D eigenvalue weighted by atomic mass is 32.1. The second-order valence-corrected chi connectivity index (χ2v) is 2.87. The fourth-order valence-corrected chi connectivity index (χ4v) is 1.19. The molecule has 0 saturated carbocycles. The molecular weight excluding hydrogens is 170 g/mol. The van der Waals surface area contributed by atoms with E-state index < -0.39 is 0 Å². The van der Waals surface area contributed by atoms with Crippen molar-refractivity contribution in [2.24, 2.45) is 0 Å². The Balaban J connectivity index is 3.38. The number of nitriles is 1. The SMILES string of the molecule is COc1ccc(C)c(S)c1C#N. The molecule has 0 bridgehead atoms. The number of rotatable bonds is 1. The van der Waals surface area contributed by atoms with E-state index in [4.69, 9.17) is 10.00 Å². The van der Waals surface area contributed by atoms with Crippen LogP contribution in [0.2, 0.25) is 0 Å². The van der Waals surface area contributed by atoms with E-state index in [1.165, 1.54) is 0 Å². The van der Waals surface area contributed by atoms with Gasteiger partial charge in [0.05, 0.1) is 7.11 Å². The third-order valence-electron chi connectivity index (χ3n) is 1.67. The molecule has 0 aliphatic carbocycles. The average Bonchev–Trinajstić information content (AvgIpc) is 2.09. The molecule has 0 spiro atoms. The molecule has 0 aliphatic rings. The minimum absolute atomic E-state index is 0.501. The summed E-state index contributed by atoms with van der Waals surface area (Å²) in [6, 6.07) is 5.70. The fraction of sp³-hybridized carbons (Fsp3) is 0.222. The number of hydrogen-bond acceptors (Lipinski definition) is 3. The lowest BCUT2D eigenvalue weighted by Crippen LogP contribution is -1.90. The van der Waals surface area contributed by atoms with Crippen LogP contribution >= 0.6 is 12.6 Å². The van der Waals surface area contributed by atoms with Gasteiger partial charge < -0.3 is 4.74 Å². The van der Waals surface area contributed by atoms with Crippen molar-refractivity contribution >= 4 is 12.6 Å². The van der Waals surface area contributed by atoms with E-state index in [2.05, 4.69) is 18.7 Å². The first-order valence-corrected chi connectivity index (χ1v) is 3.92. The number of ether oxygens (including phenoxy) is 1. The predicted octanol–water partition coefficient (Wildman–Crippen LogP) is 2.16. The molecule has 3 heteroatoms. The molecule has 1 aromatic carbocycles. The molecule has 0 fully saturated rings. The maximum atomic E-state index is 8.78. The van der Waals surface area contributed by atoms with Gasteiger partial charge in [-0.05, 0) is 18.6 Å². The lowest BCUT2D eigenvalue weighted by molar-refractivity contribution is 0.412. The molecule has 62 valence electrons. The summed E-state index contributed by atoms with van der Waals surface area (Å²) in [5, 5.41) is 8.78. The molecule has 12 heavy (non-hydrogen) atoms. The van der Waals surface area contributed by atoms with E-state index in [0.29, 0.717) is 16.2 Å². The first-order chi connectivity index (χ1) is 5.70. The van der Waals surface area contributed by atoms with Gasteiger partial charge in [-0.1, -0.05) is 6.07 Å². The topological polar surface area (TPSA) is 33.0 Å². The van der Waals surface area contributed by atoms with E-state index in [-0.39, 0.29) is 0 Å². The van der Waals surface area contributed by atoms with Gasteiger partial charge in [0.25, 0.3) is 0 Å². The quantitative estimate of drug-likeness (QED) is 0.670. The van der Waals surface area contributed by atoms with E-state index >= 15 is 0 Å². The summed E-state index contributed by atoms with van der Waals surface area (Å²) in [5.41, 5.74) is 1.48. The highest BCUT2D eigenvalue weighted by Crippen LogP contribution is 2.26. The monoisotopic (exact) mass is 179 g/mol. The van der Waals surface area contributed by atoms with Gasteiger partial charge >= 0.3 is 0 Å². The molecule has 0 aliphatic heterocycles. The van der Waals surface area contributed by atoms with E-state index in [0.717, 1.165) is 5.56 Å². The van der Waals surface area contributed by atoms with E-state index in [1.54, 1.807) is 13.2 Å². The molecule has 0 atom stereocenters. The van der Waals surface area contributed by atoms with Crippen LogP contribution in [0.3, 0.4) is 0 Å². The van der Waals surface area contributed by atoms with Crippen LogP contribution in [0.15, 0.2) is 17.0 Å². The van der Waals surface area contributed by atoms with Gasteiger partial charge in [-0.25, -0.2) is 0 Å². The number of methoxy groups -OCH3 is 1. The summed E-state index contributed by atoms with van der Waals surface area (Å²) < 4.78 is 5.00. The highest BCUT2D eigenvalue weighted by Gasteiger charge is 2.07. The highest BCUT2D eigenvalue weighted by molar-refractivity contribution is 7.80. The van der Waals surface area contributed by atoms with Crippen molar-refractivity contribution in [1.82, 2.24) is 0 Å². The Hall–Kier alpha value is -1.14. The van der Waals surface area contributed by atoms with Gasteiger partial charge in [0, 0.05) is 4.90 Å². The van der Waals surface area contributed by atoms with E-state index in [9.17, 15) is 0 Å². The molecule has 0 unspecified atom stereocenters. The fourth-order valence-electron chi connectivity index (χ4n) is 0.955. The Morgan fingerprint density at radius 2 is 2.17 bits per heavy atom. The maximum Gasteiger partial charge on any atom is 0.137 e. The minimum Gasteiger partial charge on any atom is -0.495 e. The van der Waals surface area contributed by atoms with Gasteiger partial charge in [-0.3, -0.25) is 0 Å². The molecule has 1 aromatic rings. The second kappa shape index (κ2) is 3.51. The van der Waals surface area contributed by atoms with Gasteiger partial charge in [-0.2, -0.15) is 5.26 Å². The second-order valence-electron chi connectivity index (χ2n) is 2.42. The van der Waals surface area contributed by atoms with Crippen LogP contribution in [0.1, 0.15) is 11.1 Å². The molecule has 0 saturated heterocycles. The molecule has 0 radical (unpaired) electrons. The van der Waals surface area contributed by atoms with Crippen molar-refractivity contribution in [3.05, 3.63) is 23.3 Å². The van der Waals surface area contributed by atoms with Crippen LogP contribution in [0.25, 0.3) is 0 Å². The number of aryl methyl sites for hydroxylation is 1. The largest absolute Gasteiger partial charge is 0.495 e. The Bertz CT molecular complexity index is 341. The summed E-state index contributed by atoms with van der Waals surface area (Å²) in [5.74, 6) is 0.577. The molecule has 0 heterocycles. The molecular formula is C9H9NOS. The molecule has 1 rings (SSSR count). The number of benzene rings is 1. The average molecular weight is 179 g/mol. The molecule has 0 amide bonds. The lowest BCUT2D eigenvalue weighted by atomic mass is 10.1. The lowest BCUT2D eigenvalue weighted by Gasteiger charge is -2.06. The summed E-state index contributed by atoms with van der Waals surface area (Å²) >= 11 is 4.21. The van der Waals surface area contributed by atoms with Crippen LogP contribution in [0.4, 0.5) is 0 Å². The van der Waals surface area contributed by atoms with Crippen molar-refractivity contribution < 1.29 is 4.74 Å². The summed E-state index contributed by atoms with van der Waals surface area (Å²) in [4.78, 5) is 0.692. The van der Waals surface area contributed by atoms with Gasteiger partial charge in [0.15, 0.2) is 0 Å². The Morgan fingerprint density at radius 1 is 1.50 bits per heavy atom. The maximum absolute atomic E-state index is 8.78. The third-order valence-corrected chi connectivity index (χ3v) is 2.25. The molecule has 0 aromatic heterocycles. The van der Waals surface area contributed by atoms with Crippen molar-refractivity contribution in [2.45, 2.75) is 11.8 Å². The summed E-state index contributed by atoms with van der Waals surface area (Å²) in [7, 11) is 1.54.